The first-order valence-electron chi connectivity index (χ1n) is 9.25. The van der Waals surface area contributed by atoms with Crippen LogP contribution in [0.5, 0.6) is 5.75 Å². The van der Waals surface area contributed by atoms with Crippen LogP contribution in [0, 0.1) is 0 Å². The molecule has 0 heterocycles. The van der Waals surface area contributed by atoms with E-state index in [0.29, 0.717) is 6.42 Å². The van der Waals surface area contributed by atoms with Crippen LogP contribution in [0.2, 0.25) is 0 Å². The fourth-order valence-electron chi connectivity index (χ4n) is 2.84. The van der Waals surface area contributed by atoms with Crippen LogP contribution >= 0.6 is 15.9 Å². The molecule has 2 aromatic carbocycles. The van der Waals surface area contributed by atoms with Crippen molar-refractivity contribution in [3.05, 3.63) is 58.1 Å². The minimum atomic E-state index is -3.87. The molecule has 0 aliphatic carbocycles. The van der Waals surface area contributed by atoms with E-state index < -0.39 is 15.6 Å². The monoisotopic (exact) mass is 482 g/mol. The zero-order chi connectivity index (χ0) is 21.8. The number of carbonyl (C=O) groups is 1. The zero-order valence-electron chi connectivity index (χ0n) is 17.2. The molecule has 1 amide bonds. The Morgan fingerprint density at radius 3 is 2.28 bits per heavy atom. The van der Waals surface area contributed by atoms with Crippen LogP contribution in [-0.4, -0.2) is 27.0 Å². The zero-order valence-corrected chi connectivity index (χ0v) is 19.6. The van der Waals surface area contributed by atoms with E-state index in [1.807, 2.05) is 31.2 Å². The van der Waals surface area contributed by atoms with Gasteiger partial charge in [-0.1, -0.05) is 35.0 Å². The summed E-state index contributed by atoms with van der Waals surface area (Å²) in [5.74, 6) is -0.173. The largest absolute Gasteiger partial charge is 0.495 e. The first-order valence-corrected chi connectivity index (χ1v) is 11.5. The molecule has 0 aliphatic rings. The normalized spacial score (nSPS) is 13.0. The molecule has 8 heteroatoms. The summed E-state index contributed by atoms with van der Waals surface area (Å²) >= 11 is 3.40. The average Bonchev–Trinajstić information content (AvgIpc) is 2.64. The highest BCUT2D eigenvalue weighted by Crippen LogP contribution is 2.27. The van der Waals surface area contributed by atoms with Crippen LogP contribution in [0.3, 0.4) is 0 Å². The van der Waals surface area contributed by atoms with Crippen LogP contribution in [0.4, 0.5) is 0 Å². The molecular formula is C21H27BrN2O4S. The SMILES string of the molecule is CCC(NC(=O)c1ccc(OC)c(S(=O)(=O)NC(C)(C)C)c1)c1ccc(Br)cc1. The summed E-state index contributed by atoms with van der Waals surface area (Å²) in [6.45, 7) is 7.22. The fourth-order valence-corrected chi connectivity index (χ4v) is 4.72. The Balaban J connectivity index is 2.34. The third-order valence-corrected chi connectivity index (χ3v) is 6.45. The second-order valence-corrected chi connectivity index (χ2v) is 10.3. The minimum absolute atomic E-state index is 0.0701. The van der Waals surface area contributed by atoms with E-state index in [0.717, 1.165) is 10.0 Å². The van der Waals surface area contributed by atoms with Gasteiger partial charge in [0.15, 0.2) is 0 Å². The molecule has 0 aliphatic heterocycles. The number of amides is 1. The van der Waals surface area contributed by atoms with E-state index in [9.17, 15) is 13.2 Å². The molecule has 6 nitrogen and oxygen atoms in total. The summed E-state index contributed by atoms with van der Waals surface area (Å²) in [4.78, 5) is 12.8. The Kier molecular flexibility index (Phi) is 7.48. The molecule has 2 aromatic rings. The third-order valence-electron chi connectivity index (χ3n) is 4.14. The first kappa shape index (κ1) is 23.4. The Morgan fingerprint density at radius 2 is 1.76 bits per heavy atom. The lowest BCUT2D eigenvalue weighted by Crippen LogP contribution is -2.40. The highest BCUT2D eigenvalue weighted by molar-refractivity contribution is 9.10. The lowest BCUT2D eigenvalue weighted by atomic mass is 10.0. The van der Waals surface area contributed by atoms with Crippen molar-refractivity contribution in [1.82, 2.24) is 10.0 Å². The maximum absolute atomic E-state index is 12.8. The number of sulfonamides is 1. The van der Waals surface area contributed by atoms with Gasteiger partial charge in [0.25, 0.3) is 5.91 Å². The minimum Gasteiger partial charge on any atom is -0.495 e. The summed E-state index contributed by atoms with van der Waals surface area (Å²) in [6, 6.07) is 11.9. The van der Waals surface area contributed by atoms with Crippen molar-refractivity contribution in [3.8, 4) is 5.75 Å². The smallest absolute Gasteiger partial charge is 0.251 e. The van der Waals surface area contributed by atoms with Gasteiger partial charge in [0.2, 0.25) is 10.0 Å². The Morgan fingerprint density at radius 1 is 1.14 bits per heavy atom. The van der Waals surface area contributed by atoms with Gasteiger partial charge in [-0.25, -0.2) is 13.1 Å². The highest BCUT2D eigenvalue weighted by atomic mass is 79.9. The summed E-state index contributed by atoms with van der Waals surface area (Å²) in [5.41, 5.74) is 0.548. The van der Waals surface area contributed by atoms with Gasteiger partial charge in [0, 0.05) is 15.6 Å². The maximum Gasteiger partial charge on any atom is 0.251 e. The standard InChI is InChI=1S/C21H27BrN2O4S/c1-6-17(14-7-10-16(22)11-8-14)23-20(25)15-9-12-18(28-5)19(13-15)29(26,27)24-21(2,3)4/h7-13,17,24H,6H2,1-5H3,(H,23,25). The van der Waals surface area contributed by atoms with Crippen LogP contribution < -0.4 is 14.8 Å². The molecule has 1 atom stereocenters. The summed E-state index contributed by atoms with van der Waals surface area (Å²) in [7, 11) is -2.47. The second-order valence-electron chi connectivity index (χ2n) is 7.71. The van der Waals surface area contributed by atoms with Gasteiger partial charge in [-0.15, -0.1) is 0 Å². The van der Waals surface area contributed by atoms with E-state index in [-0.39, 0.29) is 28.2 Å². The summed E-state index contributed by atoms with van der Waals surface area (Å²) in [6.07, 6.45) is 0.695. The number of hydrogen-bond donors (Lipinski definition) is 2. The topological polar surface area (TPSA) is 84.5 Å². The molecule has 2 rings (SSSR count). The van der Waals surface area contributed by atoms with Crippen LogP contribution in [-0.2, 0) is 10.0 Å². The fraction of sp³-hybridized carbons (Fsp3) is 0.381. The molecule has 158 valence electrons. The molecule has 0 spiro atoms. The molecule has 0 saturated heterocycles. The van der Waals surface area contributed by atoms with Gasteiger partial charge in [-0.05, 0) is 63.1 Å². The summed E-state index contributed by atoms with van der Waals surface area (Å²) in [5, 5.41) is 2.97. The number of carbonyl (C=O) groups excluding carboxylic acids is 1. The molecule has 0 aromatic heterocycles. The molecule has 0 fully saturated rings. The predicted octanol–water partition coefficient (Wildman–Crippen LogP) is 4.42. The number of rotatable bonds is 7. The number of ether oxygens (including phenoxy) is 1. The number of benzene rings is 2. The first-order chi connectivity index (χ1) is 13.5. The van der Waals surface area contributed by atoms with E-state index in [1.165, 1.54) is 19.2 Å². The van der Waals surface area contributed by atoms with E-state index in [2.05, 4.69) is 26.0 Å². The van der Waals surface area contributed by atoms with Crippen molar-refractivity contribution in [2.24, 2.45) is 0 Å². The molecule has 0 bridgehead atoms. The average molecular weight is 483 g/mol. The molecule has 1 unspecified atom stereocenters. The van der Waals surface area contributed by atoms with E-state index >= 15 is 0 Å². The van der Waals surface area contributed by atoms with Gasteiger partial charge in [0.05, 0.1) is 13.2 Å². The van der Waals surface area contributed by atoms with Crippen molar-refractivity contribution in [1.29, 1.82) is 0 Å². The van der Waals surface area contributed by atoms with Crippen LogP contribution in [0.1, 0.15) is 56.1 Å². The second kappa shape index (κ2) is 9.28. The Labute approximate surface area is 181 Å². The molecular weight excluding hydrogens is 456 g/mol. The number of halogens is 1. The van der Waals surface area contributed by atoms with Crippen molar-refractivity contribution in [2.45, 2.75) is 50.6 Å². The summed E-state index contributed by atoms with van der Waals surface area (Å²) < 4.78 is 34.4. The third kappa shape index (κ3) is 6.29. The molecule has 0 radical (unpaired) electrons. The van der Waals surface area contributed by atoms with E-state index in [4.69, 9.17) is 4.74 Å². The quantitative estimate of drug-likeness (QED) is 0.611. The van der Waals surface area contributed by atoms with Crippen molar-refractivity contribution < 1.29 is 17.9 Å². The maximum atomic E-state index is 12.8. The predicted molar refractivity (Wildman–Crippen MR) is 118 cm³/mol. The van der Waals surface area contributed by atoms with Crippen molar-refractivity contribution in [3.63, 3.8) is 0 Å². The van der Waals surface area contributed by atoms with Gasteiger partial charge >= 0.3 is 0 Å². The van der Waals surface area contributed by atoms with Crippen molar-refractivity contribution >= 4 is 31.9 Å². The van der Waals surface area contributed by atoms with Gasteiger partial charge in [-0.2, -0.15) is 0 Å². The van der Waals surface area contributed by atoms with Gasteiger partial charge in [0.1, 0.15) is 10.6 Å². The van der Waals surface area contributed by atoms with Crippen LogP contribution in [0.15, 0.2) is 51.8 Å². The lowest BCUT2D eigenvalue weighted by molar-refractivity contribution is 0.0935. The van der Waals surface area contributed by atoms with Gasteiger partial charge < -0.3 is 10.1 Å². The van der Waals surface area contributed by atoms with Crippen molar-refractivity contribution in [2.75, 3.05) is 7.11 Å². The lowest BCUT2D eigenvalue weighted by Gasteiger charge is -2.22. The van der Waals surface area contributed by atoms with E-state index in [1.54, 1.807) is 26.8 Å². The Bertz CT molecular complexity index is 967. The number of methoxy groups -OCH3 is 1. The van der Waals surface area contributed by atoms with Crippen LogP contribution in [0.25, 0.3) is 0 Å². The number of nitrogens with one attached hydrogen (secondary N) is 2. The number of hydrogen-bond acceptors (Lipinski definition) is 4. The molecule has 0 saturated carbocycles. The Hall–Kier alpha value is -1.90. The highest BCUT2D eigenvalue weighted by Gasteiger charge is 2.26. The van der Waals surface area contributed by atoms with Gasteiger partial charge in [-0.3, -0.25) is 4.79 Å². The molecule has 29 heavy (non-hydrogen) atoms. The molecule has 2 N–H and O–H groups in total.